The standard InChI is InChI=1S/C9H17NO4/c1-14-9(13)10-7-5-3-2-4-6(7)8(11)12/h6-7,9-10,13H,2-5H2,1H3,(H,11,12). The van der Waals surface area contributed by atoms with E-state index in [2.05, 4.69) is 10.1 Å². The molecule has 0 bridgehead atoms. The highest BCUT2D eigenvalue weighted by Crippen LogP contribution is 2.24. The molecule has 0 amide bonds. The molecule has 3 atom stereocenters. The van der Waals surface area contributed by atoms with Gasteiger partial charge in [-0.05, 0) is 12.8 Å². The fourth-order valence-electron chi connectivity index (χ4n) is 1.88. The van der Waals surface area contributed by atoms with Crippen molar-refractivity contribution in [1.29, 1.82) is 0 Å². The second kappa shape index (κ2) is 5.29. The molecule has 0 aromatic heterocycles. The zero-order chi connectivity index (χ0) is 10.6. The van der Waals surface area contributed by atoms with Gasteiger partial charge in [0.25, 0.3) is 0 Å². The van der Waals surface area contributed by atoms with Crippen LogP contribution in [0.2, 0.25) is 0 Å². The van der Waals surface area contributed by atoms with Crippen LogP contribution in [0.15, 0.2) is 0 Å². The van der Waals surface area contributed by atoms with Gasteiger partial charge in [0.1, 0.15) is 0 Å². The van der Waals surface area contributed by atoms with Gasteiger partial charge in [-0.2, -0.15) is 0 Å². The van der Waals surface area contributed by atoms with Gasteiger partial charge in [-0.25, -0.2) is 0 Å². The van der Waals surface area contributed by atoms with Crippen LogP contribution in [0.4, 0.5) is 0 Å². The van der Waals surface area contributed by atoms with Gasteiger partial charge in [0.2, 0.25) is 6.41 Å². The fourth-order valence-corrected chi connectivity index (χ4v) is 1.88. The quantitative estimate of drug-likeness (QED) is 0.566. The molecule has 5 heteroatoms. The van der Waals surface area contributed by atoms with Crippen molar-refractivity contribution in [2.75, 3.05) is 7.11 Å². The molecule has 0 aromatic rings. The van der Waals surface area contributed by atoms with Gasteiger partial charge in [0.05, 0.1) is 5.92 Å². The summed E-state index contributed by atoms with van der Waals surface area (Å²) in [7, 11) is 1.37. The van der Waals surface area contributed by atoms with E-state index in [1.807, 2.05) is 0 Å². The Balaban J connectivity index is 2.49. The minimum absolute atomic E-state index is 0.184. The van der Waals surface area contributed by atoms with Crippen LogP contribution in [0.5, 0.6) is 0 Å². The van der Waals surface area contributed by atoms with Crippen molar-refractivity contribution < 1.29 is 19.7 Å². The number of aliphatic hydroxyl groups excluding tert-OH is 1. The third kappa shape index (κ3) is 2.94. The van der Waals surface area contributed by atoms with Gasteiger partial charge in [-0.1, -0.05) is 12.8 Å². The second-order valence-corrected chi connectivity index (χ2v) is 3.59. The summed E-state index contributed by atoms with van der Waals surface area (Å²) in [6.45, 7) is 0. The number of hydrogen-bond acceptors (Lipinski definition) is 4. The van der Waals surface area contributed by atoms with E-state index in [1.54, 1.807) is 0 Å². The Kier molecular flexibility index (Phi) is 4.31. The first kappa shape index (κ1) is 11.4. The van der Waals surface area contributed by atoms with Crippen LogP contribution in [-0.2, 0) is 9.53 Å². The van der Waals surface area contributed by atoms with E-state index in [1.165, 1.54) is 7.11 Å². The minimum atomic E-state index is -1.07. The highest BCUT2D eigenvalue weighted by atomic mass is 16.6. The normalized spacial score (nSPS) is 29.9. The molecule has 3 unspecified atom stereocenters. The maximum Gasteiger partial charge on any atom is 0.308 e. The number of rotatable bonds is 4. The summed E-state index contributed by atoms with van der Waals surface area (Å²) in [4.78, 5) is 10.9. The summed E-state index contributed by atoms with van der Waals surface area (Å²) in [5.41, 5.74) is 0. The summed E-state index contributed by atoms with van der Waals surface area (Å²) >= 11 is 0. The molecular formula is C9H17NO4. The molecular weight excluding hydrogens is 186 g/mol. The highest BCUT2D eigenvalue weighted by molar-refractivity contribution is 5.71. The first-order valence-corrected chi connectivity index (χ1v) is 4.85. The van der Waals surface area contributed by atoms with Gasteiger partial charge < -0.3 is 14.9 Å². The monoisotopic (exact) mass is 203 g/mol. The van der Waals surface area contributed by atoms with Crippen molar-refractivity contribution in [3.8, 4) is 0 Å². The molecule has 3 N–H and O–H groups in total. The molecule has 1 aliphatic carbocycles. The maximum atomic E-state index is 10.9. The van der Waals surface area contributed by atoms with E-state index in [-0.39, 0.29) is 6.04 Å². The molecule has 0 aliphatic heterocycles. The number of carbonyl (C=O) groups is 1. The Bertz CT molecular complexity index is 197. The van der Waals surface area contributed by atoms with Crippen LogP contribution in [0.1, 0.15) is 25.7 Å². The number of nitrogens with one attached hydrogen (secondary N) is 1. The molecule has 1 fully saturated rings. The van der Waals surface area contributed by atoms with Crippen LogP contribution in [0.3, 0.4) is 0 Å². The van der Waals surface area contributed by atoms with Crippen molar-refractivity contribution in [1.82, 2.24) is 5.32 Å². The Labute approximate surface area is 83.1 Å². The van der Waals surface area contributed by atoms with Gasteiger partial charge >= 0.3 is 5.97 Å². The summed E-state index contributed by atoms with van der Waals surface area (Å²) < 4.78 is 4.63. The summed E-state index contributed by atoms with van der Waals surface area (Å²) in [6.07, 6.45) is 2.32. The lowest BCUT2D eigenvalue weighted by Crippen LogP contribution is -2.47. The largest absolute Gasteiger partial charge is 0.481 e. The topological polar surface area (TPSA) is 78.8 Å². The van der Waals surface area contributed by atoms with Gasteiger partial charge in [-0.15, -0.1) is 0 Å². The smallest absolute Gasteiger partial charge is 0.308 e. The highest BCUT2D eigenvalue weighted by Gasteiger charge is 2.31. The molecule has 5 nitrogen and oxygen atoms in total. The predicted octanol–water partition coefficient (Wildman–Crippen LogP) is 0.142. The van der Waals surface area contributed by atoms with Crippen LogP contribution in [0, 0.1) is 5.92 Å². The molecule has 0 saturated heterocycles. The third-order valence-corrected chi connectivity index (χ3v) is 2.66. The van der Waals surface area contributed by atoms with Crippen molar-refractivity contribution in [2.45, 2.75) is 38.1 Å². The zero-order valence-corrected chi connectivity index (χ0v) is 8.27. The van der Waals surface area contributed by atoms with E-state index in [0.29, 0.717) is 6.42 Å². The maximum absolute atomic E-state index is 10.9. The molecule has 0 radical (unpaired) electrons. The number of carboxylic acids is 1. The van der Waals surface area contributed by atoms with E-state index in [0.717, 1.165) is 19.3 Å². The first-order chi connectivity index (χ1) is 6.65. The molecule has 0 spiro atoms. The van der Waals surface area contributed by atoms with E-state index in [9.17, 15) is 9.90 Å². The van der Waals surface area contributed by atoms with Crippen molar-refractivity contribution in [2.24, 2.45) is 5.92 Å². The van der Waals surface area contributed by atoms with Gasteiger partial charge in [0, 0.05) is 13.2 Å². The first-order valence-electron chi connectivity index (χ1n) is 4.85. The van der Waals surface area contributed by atoms with Crippen molar-refractivity contribution in [3.05, 3.63) is 0 Å². The van der Waals surface area contributed by atoms with Crippen LogP contribution >= 0.6 is 0 Å². The minimum Gasteiger partial charge on any atom is -0.481 e. The molecule has 1 aliphatic rings. The molecule has 1 rings (SSSR count). The number of hydrogen-bond donors (Lipinski definition) is 3. The fraction of sp³-hybridized carbons (Fsp3) is 0.889. The van der Waals surface area contributed by atoms with Crippen LogP contribution in [-0.4, -0.2) is 35.7 Å². The average Bonchev–Trinajstić information content (AvgIpc) is 2.18. The SMILES string of the molecule is COC(O)NC1CCCCC1C(=O)O. The lowest BCUT2D eigenvalue weighted by Gasteiger charge is -2.30. The Morgan fingerprint density at radius 2 is 2.14 bits per heavy atom. The second-order valence-electron chi connectivity index (χ2n) is 3.59. The zero-order valence-electron chi connectivity index (χ0n) is 8.27. The van der Waals surface area contributed by atoms with E-state index >= 15 is 0 Å². The number of ether oxygens (including phenoxy) is 1. The van der Waals surface area contributed by atoms with Gasteiger partial charge in [-0.3, -0.25) is 10.1 Å². The Morgan fingerprint density at radius 3 is 2.71 bits per heavy atom. The summed E-state index contributed by atoms with van der Waals surface area (Å²) in [6, 6.07) is -0.184. The lowest BCUT2D eigenvalue weighted by molar-refractivity contribution is -0.147. The Morgan fingerprint density at radius 1 is 1.50 bits per heavy atom. The van der Waals surface area contributed by atoms with E-state index in [4.69, 9.17) is 5.11 Å². The lowest BCUT2D eigenvalue weighted by atomic mass is 9.84. The van der Waals surface area contributed by atoms with Crippen LogP contribution in [0.25, 0.3) is 0 Å². The average molecular weight is 203 g/mol. The Hall–Kier alpha value is -0.650. The molecule has 0 aromatic carbocycles. The molecule has 1 saturated carbocycles. The number of aliphatic hydroxyl groups is 1. The summed E-state index contributed by atoms with van der Waals surface area (Å²) in [5.74, 6) is -1.21. The summed E-state index contributed by atoms with van der Waals surface area (Å²) in [5, 5.41) is 20.9. The third-order valence-electron chi connectivity index (χ3n) is 2.66. The number of aliphatic carboxylic acids is 1. The predicted molar refractivity (Wildman–Crippen MR) is 49.5 cm³/mol. The van der Waals surface area contributed by atoms with Crippen molar-refractivity contribution in [3.63, 3.8) is 0 Å². The molecule has 0 heterocycles. The van der Waals surface area contributed by atoms with Gasteiger partial charge in [0.15, 0.2) is 0 Å². The van der Waals surface area contributed by atoms with E-state index < -0.39 is 18.3 Å². The van der Waals surface area contributed by atoms with Crippen molar-refractivity contribution >= 4 is 5.97 Å². The molecule has 14 heavy (non-hydrogen) atoms. The van der Waals surface area contributed by atoms with Crippen LogP contribution < -0.4 is 5.32 Å². The number of carboxylic acid groups (broad SMARTS) is 1. The molecule has 82 valence electrons. The number of methoxy groups -OCH3 is 1.